The Labute approximate surface area is 61.1 Å². The number of nitrogens with zero attached hydrogens (tertiary/aromatic N) is 2. The van der Waals surface area contributed by atoms with E-state index in [0.717, 1.165) is 4.57 Å². The van der Waals surface area contributed by atoms with Crippen LogP contribution in [0, 0.1) is 0 Å². The first kappa shape index (κ1) is 6.94. The van der Waals surface area contributed by atoms with Crippen molar-refractivity contribution in [3.63, 3.8) is 0 Å². The van der Waals surface area contributed by atoms with E-state index in [1.807, 2.05) is 5.10 Å². The first-order valence-corrected chi connectivity index (χ1v) is 2.86. The van der Waals surface area contributed by atoms with Gasteiger partial charge in [-0.15, -0.1) is 5.10 Å². The van der Waals surface area contributed by atoms with E-state index in [1.165, 1.54) is 7.05 Å². The van der Waals surface area contributed by atoms with Crippen LogP contribution in [0.5, 0.6) is 0 Å². The molecular formula is C4H4N3O2S. The van der Waals surface area contributed by atoms with Gasteiger partial charge in [0.25, 0.3) is 0 Å². The highest BCUT2D eigenvalue weighted by Crippen LogP contribution is 1.88. The third kappa shape index (κ3) is 0.926. The van der Waals surface area contributed by atoms with Crippen molar-refractivity contribution in [1.29, 1.82) is 0 Å². The van der Waals surface area contributed by atoms with Crippen molar-refractivity contribution in [3.8, 4) is 0 Å². The number of aromatic nitrogens is 3. The minimum Gasteiger partial charge on any atom is -0.281 e. The van der Waals surface area contributed by atoms with Crippen molar-refractivity contribution in [2.24, 2.45) is 7.05 Å². The number of hydrogen-bond donors (Lipinski definition) is 1. The zero-order chi connectivity index (χ0) is 7.72. The van der Waals surface area contributed by atoms with Crippen LogP contribution in [0.3, 0.4) is 0 Å². The third-order valence-electron chi connectivity index (χ3n) is 1.04. The van der Waals surface area contributed by atoms with Crippen molar-refractivity contribution in [1.82, 2.24) is 14.8 Å². The summed E-state index contributed by atoms with van der Waals surface area (Å²) < 4.78 is 1.01. The van der Waals surface area contributed by atoms with Crippen molar-refractivity contribution in [2.75, 3.05) is 0 Å². The first-order valence-electron chi connectivity index (χ1n) is 2.45. The van der Waals surface area contributed by atoms with E-state index in [0.29, 0.717) is 0 Å². The number of nitrogens with one attached hydrogen (secondary N) is 1. The zero-order valence-electron chi connectivity index (χ0n) is 5.12. The summed E-state index contributed by atoms with van der Waals surface area (Å²) >= 11 is 4.58. The van der Waals surface area contributed by atoms with Crippen LogP contribution < -0.4 is 11.1 Å². The molecule has 0 spiro atoms. The molecule has 0 aliphatic heterocycles. The summed E-state index contributed by atoms with van der Waals surface area (Å²) in [5, 5.41) is 5.42. The van der Waals surface area contributed by atoms with Gasteiger partial charge in [-0.3, -0.25) is 14.2 Å². The molecule has 5 nitrogen and oxygen atoms in total. The number of aromatic amines is 1. The summed E-state index contributed by atoms with van der Waals surface area (Å²) in [5.74, 6) is 0. The molecule has 1 aromatic rings. The predicted molar refractivity (Wildman–Crippen MR) is 36.0 cm³/mol. The van der Waals surface area contributed by atoms with Gasteiger partial charge >= 0.3 is 11.1 Å². The second kappa shape index (κ2) is 2.22. The maximum absolute atomic E-state index is 10.7. The van der Waals surface area contributed by atoms with Gasteiger partial charge in [-0.25, -0.2) is 5.10 Å². The van der Waals surface area contributed by atoms with Crippen molar-refractivity contribution in [3.05, 3.63) is 20.7 Å². The van der Waals surface area contributed by atoms with Gasteiger partial charge < -0.3 is 0 Å². The predicted octanol–water partition coefficient (Wildman–Crippen LogP) is -0.975. The standard InChI is InChI=1S/C4H4N3O2S/c1-7-3(9)2(8)5-6-4(7)10/h1H3,(H,5,8). The summed E-state index contributed by atoms with van der Waals surface area (Å²) in [4.78, 5) is 21.2. The molecule has 10 heavy (non-hydrogen) atoms. The summed E-state index contributed by atoms with van der Waals surface area (Å²) in [5.41, 5.74) is -1.43. The van der Waals surface area contributed by atoms with Gasteiger partial charge in [0.2, 0.25) is 5.16 Å². The van der Waals surface area contributed by atoms with E-state index in [9.17, 15) is 9.59 Å². The molecule has 0 saturated carbocycles. The molecule has 1 heterocycles. The molecule has 0 atom stereocenters. The molecule has 0 aliphatic rings. The van der Waals surface area contributed by atoms with Gasteiger partial charge in [0, 0.05) is 7.05 Å². The van der Waals surface area contributed by atoms with Crippen LogP contribution in [0.1, 0.15) is 0 Å². The lowest BCUT2D eigenvalue weighted by atomic mass is 10.8. The van der Waals surface area contributed by atoms with Gasteiger partial charge in [0.15, 0.2) is 0 Å². The van der Waals surface area contributed by atoms with Crippen LogP contribution in [0.2, 0.25) is 0 Å². The minimum absolute atomic E-state index is 0.0737. The minimum atomic E-state index is -0.754. The monoisotopic (exact) mass is 158 g/mol. The molecule has 0 bridgehead atoms. The molecule has 1 aromatic heterocycles. The molecule has 6 heteroatoms. The molecule has 0 fully saturated rings. The highest BCUT2D eigenvalue weighted by molar-refractivity contribution is 7.80. The third-order valence-corrected chi connectivity index (χ3v) is 1.40. The van der Waals surface area contributed by atoms with Crippen LogP contribution >= 0.6 is 12.6 Å². The Hall–Kier alpha value is -1.17. The fourth-order valence-corrected chi connectivity index (χ4v) is 0.589. The quantitative estimate of drug-likeness (QED) is 0.494. The average Bonchev–Trinajstić information content (AvgIpc) is 1.93. The maximum Gasteiger partial charge on any atom is 0.330 e. The van der Waals surface area contributed by atoms with Crippen molar-refractivity contribution < 1.29 is 0 Å². The Balaban J connectivity index is 3.66. The second-order valence-corrected chi connectivity index (χ2v) is 2.06. The molecule has 1 N–H and O–H groups in total. The highest BCUT2D eigenvalue weighted by Gasteiger charge is 1.99. The lowest BCUT2D eigenvalue weighted by Gasteiger charge is -1.94. The molecule has 0 amide bonds. The molecule has 0 aliphatic carbocycles. The Morgan fingerprint density at radius 1 is 1.60 bits per heavy atom. The number of rotatable bonds is 0. The average molecular weight is 158 g/mol. The summed E-state index contributed by atoms with van der Waals surface area (Å²) in [6.07, 6.45) is 0. The van der Waals surface area contributed by atoms with Gasteiger partial charge in [-0.2, -0.15) is 0 Å². The normalized spacial score (nSPS) is 9.70. The SMILES string of the molecule is Cn1c([S])n[nH]c(=O)c1=O. The Bertz CT molecular complexity index is 352. The zero-order valence-corrected chi connectivity index (χ0v) is 5.94. The first-order chi connectivity index (χ1) is 4.63. The van der Waals surface area contributed by atoms with Crippen LogP contribution in [0.4, 0.5) is 0 Å². The topological polar surface area (TPSA) is 67.8 Å². The Kier molecular flexibility index (Phi) is 1.54. The van der Waals surface area contributed by atoms with E-state index in [2.05, 4.69) is 17.7 Å². The van der Waals surface area contributed by atoms with Gasteiger partial charge in [-0.05, 0) is 12.6 Å². The van der Waals surface area contributed by atoms with Crippen molar-refractivity contribution >= 4 is 12.6 Å². The van der Waals surface area contributed by atoms with E-state index < -0.39 is 11.1 Å². The fraction of sp³-hybridized carbons (Fsp3) is 0.250. The fourth-order valence-electron chi connectivity index (χ4n) is 0.461. The van der Waals surface area contributed by atoms with E-state index in [1.54, 1.807) is 0 Å². The largest absolute Gasteiger partial charge is 0.330 e. The van der Waals surface area contributed by atoms with Gasteiger partial charge in [0.1, 0.15) is 0 Å². The summed E-state index contributed by atoms with van der Waals surface area (Å²) in [7, 11) is 1.40. The lowest BCUT2D eigenvalue weighted by molar-refractivity contribution is 0.648. The van der Waals surface area contributed by atoms with Gasteiger partial charge in [0.05, 0.1) is 0 Å². The van der Waals surface area contributed by atoms with Gasteiger partial charge in [-0.1, -0.05) is 0 Å². The summed E-state index contributed by atoms with van der Waals surface area (Å²) in [6, 6.07) is 0. The molecule has 1 radical (unpaired) electrons. The number of hydrogen-bond acceptors (Lipinski definition) is 3. The smallest absolute Gasteiger partial charge is 0.281 e. The molecule has 0 saturated heterocycles. The van der Waals surface area contributed by atoms with Crippen LogP contribution in [-0.4, -0.2) is 14.8 Å². The lowest BCUT2D eigenvalue weighted by Crippen LogP contribution is -2.36. The van der Waals surface area contributed by atoms with Crippen LogP contribution in [-0.2, 0) is 7.05 Å². The molecular weight excluding hydrogens is 154 g/mol. The summed E-state index contributed by atoms with van der Waals surface area (Å²) in [6.45, 7) is 0. The van der Waals surface area contributed by atoms with Crippen LogP contribution in [0.25, 0.3) is 0 Å². The highest BCUT2D eigenvalue weighted by atomic mass is 32.1. The second-order valence-electron chi connectivity index (χ2n) is 1.70. The van der Waals surface area contributed by atoms with E-state index in [4.69, 9.17) is 0 Å². The molecule has 0 unspecified atom stereocenters. The Morgan fingerprint density at radius 3 is 2.70 bits per heavy atom. The molecule has 53 valence electrons. The number of H-pyrrole nitrogens is 1. The molecule has 1 rings (SSSR count). The van der Waals surface area contributed by atoms with E-state index >= 15 is 0 Å². The van der Waals surface area contributed by atoms with Crippen LogP contribution in [0.15, 0.2) is 14.7 Å². The maximum atomic E-state index is 10.7. The Morgan fingerprint density at radius 2 is 2.20 bits per heavy atom. The van der Waals surface area contributed by atoms with E-state index in [-0.39, 0.29) is 5.16 Å². The molecule has 0 aromatic carbocycles. The van der Waals surface area contributed by atoms with Crippen molar-refractivity contribution in [2.45, 2.75) is 5.16 Å².